The largest absolute Gasteiger partial charge is 0.494 e. The quantitative estimate of drug-likeness (QED) is 0.791. The first-order chi connectivity index (χ1) is 12.2. The minimum absolute atomic E-state index is 0.0699. The zero-order chi connectivity index (χ0) is 17.4. The van der Waals surface area contributed by atoms with Crippen LogP contribution < -0.4 is 10.5 Å². The van der Waals surface area contributed by atoms with Crippen molar-refractivity contribution in [2.45, 2.75) is 25.2 Å². The van der Waals surface area contributed by atoms with Gasteiger partial charge in [0.1, 0.15) is 17.4 Å². The molecule has 0 bridgehead atoms. The van der Waals surface area contributed by atoms with Crippen molar-refractivity contribution in [3.63, 3.8) is 0 Å². The number of pyridine rings is 2. The van der Waals surface area contributed by atoms with Crippen LogP contribution in [0.2, 0.25) is 0 Å². The van der Waals surface area contributed by atoms with E-state index in [1.807, 2.05) is 43.3 Å². The minimum Gasteiger partial charge on any atom is -0.494 e. The zero-order valence-electron chi connectivity index (χ0n) is 14.0. The number of benzene rings is 1. The molecule has 2 aromatic heterocycles. The summed E-state index contributed by atoms with van der Waals surface area (Å²) in [6.45, 7) is 2.59. The number of nitrogen functional groups attached to an aromatic ring is 1. The topological polar surface area (TPSA) is 78.1 Å². The van der Waals surface area contributed by atoms with Gasteiger partial charge >= 0.3 is 0 Å². The fraction of sp³-hybridized carbons (Fsp3) is 0.250. The van der Waals surface area contributed by atoms with E-state index in [0.29, 0.717) is 12.4 Å². The van der Waals surface area contributed by atoms with E-state index in [2.05, 4.69) is 9.97 Å². The van der Waals surface area contributed by atoms with Crippen molar-refractivity contribution in [1.29, 1.82) is 0 Å². The van der Waals surface area contributed by atoms with Gasteiger partial charge in [-0.2, -0.15) is 0 Å². The molecule has 2 atom stereocenters. The van der Waals surface area contributed by atoms with Crippen molar-refractivity contribution in [1.82, 2.24) is 9.97 Å². The van der Waals surface area contributed by atoms with E-state index in [-0.39, 0.29) is 17.6 Å². The lowest BCUT2D eigenvalue weighted by molar-refractivity contribution is -0.128. The van der Waals surface area contributed by atoms with Gasteiger partial charge in [-0.05, 0) is 49.2 Å². The van der Waals surface area contributed by atoms with Crippen LogP contribution in [0.4, 0.5) is 5.82 Å². The molecule has 0 saturated heterocycles. The van der Waals surface area contributed by atoms with Gasteiger partial charge in [0.25, 0.3) is 0 Å². The lowest BCUT2D eigenvalue weighted by Gasteiger charge is -2.34. The first-order valence-corrected chi connectivity index (χ1v) is 8.45. The summed E-state index contributed by atoms with van der Waals surface area (Å²) in [5, 5.41) is 0.903. The molecule has 0 amide bonds. The van der Waals surface area contributed by atoms with Gasteiger partial charge in [0, 0.05) is 17.5 Å². The lowest BCUT2D eigenvalue weighted by Crippen LogP contribution is -2.34. The molecule has 1 aromatic carbocycles. The Morgan fingerprint density at radius 3 is 2.64 bits per heavy atom. The maximum absolute atomic E-state index is 12.8. The molecular weight excluding hydrogens is 314 g/mol. The smallest absolute Gasteiger partial charge is 0.149 e. The van der Waals surface area contributed by atoms with Crippen LogP contribution in [-0.4, -0.2) is 22.4 Å². The highest BCUT2D eigenvalue weighted by Gasteiger charge is 2.42. The molecule has 126 valence electrons. The maximum atomic E-state index is 12.8. The molecule has 2 heterocycles. The number of fused-ring (bicyclic) bond motifs is 1. The van der Waals surface area contributed by atoms with Crippen LogP contribution >= 0.6 is 0 Å². The normalized spacial score (nSPS) is 19.6. The molecule has 25 heavy (non-hydrogen) atoms. The molecule has 0 aliphatic heterocycles. The Bertz CT molecular complexity index is 937. The first-order valence-electron chi connectivity index (χ1n) is 8.45. The second-order valence-electron chi connectivity index (χ2n) is 6.24. The highest BCUT2D eigenvalue weighted by atomic mass is 16.5. The van der Waals surface area contributed by atoms with E-state index in [1.165, 1.54) is 0 Å². The van der Waals surface area contributed by atoms with Crippen molar-refractivity contribution >= 4 is 22.5 Å². The number of ketones is 1. The van der Waals surface area contributed by atoms with Crippen molar-refractivity contribution in [3.8, 4) is 5.75 Å². The molecule has 1 saturated carbocycles. The fourth-order valence-corrected chi connectivity index (χ4v) is 3.43. The molecule has 5 heteroatoms. The molecule has 0 radical (unpaired) electrons. The summed E-state index contributed by atoms with van der Waals surface area (Å²) in [6.07, 6.45) is 2.46. The molecule has 0 spiro atoms. The third-order valence-electron chi connectivity index (χ3n) is 4.75. The summed E-state index contributed by atoms with van der Waals surface area (Å²) in [7, 11) is 0. The van der Waals surface area contributed by atoms with Crippen LogP contribution in [0, 0.1) is 0 Å². The number of rotatable bonds is 4. The molecule has 4 rings (SSSR count). The van der Waals surface area contributed by atoms with E-state index in [9.17, 15) is 4.79 Å². The highest BCUT2D eigenvalue weighted by molar-refractivity contribution is 6.00. The number of carbonyl (C=O) groups is 1. The van der Waals surface area contributed by atoms with Gasteiger partial charge in [0.15, 0.2) is 0 Å². The third-order valence-corrected chi connectivity index (χ3v) is 4.75. The van der Waals surface area contributed by atoms with Gasteiger partial charge in [0.2, 0.25) is 0 Å². The monoisotopic (exact) mass is 333 g/mol. The van der Waals surface area contributed by atoms with Gasteiger partial charge < -0.3 is 10.5 Å². The summed E-state index contributed by atoms with van der Waals surface area (Å²) in [5.74, 6) is 1.26. The number of hydrogen-bond donors (Lipinski definition) is 1. The summed E-state index contributed by atoms with van der Waals surface area (Å²) < 4.78 is 5.46. The molecule has 2 N–H and O–H groups in total. The van der Waals surface area contributed by atoms with Gasteiger partial charge in [-0.15, -0.1) is 0 Å². The SMILES string of the molecule is CCOc1ccc(C2CC(c3nccc4nc(N)ccc34)C2=O)cc1. The maximum Gasteiger partial charge on any atom is 0.149 e. The number of hydrogen-bond acceptors (Lipinski definition) is 5. The molecular formula is C20H19N3O2. The molecule has 3 aromatic rings. The number of nitrogens with zero attached hydrogens (tertiary/aromatic N) is 2. The van der Waals surface area contributed by atoms with Crippen LogP contribution in [0.1, 0.15) is 36.4 Å². The predicted molar refractivity (Wildman–Crippen MR) is 96.7 cm³/mol. The van der Waals surface area contributed by atoms with Crippen molar-refractivity contribution < 1.29 is 9.53 Å². The number of anilines is 1. The number of Topliss-reactive ketones (excluding diaryl/α,β-unsaturated/α-hetero) is 1. The predicted octanol–water partition coefficient (Wildman–Crippen LogP) is 3.45. The van der Waals surface area contributed by atoms with Crippen LogP contribution in [0.3, 0.4) is 0 Å². The fourth-order valence-electron chi connectivity index (χ4n) is 3.43. The Morgan fingerprint density at radius 1 is 1.12 bits per heavy atom. The highest BCUT2D eigenvalue weighted by Crippen LogP contribution is 2.45. The Labute approximate surface area is 145 Å². The molecule has 2 unspecified atom stereocenters. The number of aromatic nitrogens is 2. The molecule has 1 fully saturated rings. The number of carbonyl (C=O) groups excluding carboxylic acids is 1. The second kappa shape index (κ2) is 6.16. The Balaban J connectivity index is 1.58. The van der Waals surface area contributed by atoms with Crippen molar-refractivity contribution in [2.24, 2.45) is 0 Å². The Hall–Kier alpha value is -2.95. The summed E-state index contributed by atoms with van der Waals surface area (Å²) in [6, 6.07) is 13.3. The van der Waals surface area contributed by atoms with Crippen molar-refractivity contribution in [2.75, 3.05) is 12.3 Å². The zero-order valence-corrected chi connectivity index (χ0v) is 14.0. The molecule has 1 aliphatic rings. The van der Waals surface area contributed by atoms with Gasteiger partial charge in [-0.1, -0.05) is 12.1 Å². The first kappa shape index (κ1) is 15.6. The lowest BCUT2D eigenvalue weighted by atomic mass is 9.68. The van der Waals surface area contributed by atoms with E-state index in [1.54, 1.807) is 12.3 Å². The average molecular weight is 333 g/mol. The molecule has 1 aliphatic carbocycles. The van der Waals surface area contributed by atoms with E-state index in [4.69, 9.17) is 10.5 Å². The average Bonchev–Trinajstić information content (AvgIpc) is 2.62. The van der Waals surface area contributed by atoms with Gasteiger partial charge in [0.05, 0.1) is 23.7 Å². The minimum atomic E-state index is -0.175. The Kier molecular flexibility index (Phi) is 3.84. The molecule has 5 nitrogen and oxygen atoms in total. The van der Waals surface area contributed by atoms with Crippen molar-refractivity contribution in [3.05, 3.63) is 59.9 Å². The van der Waals surface area contributed by atoms with E-state index >= 15 is 0 Å². The number of ether oxygens (including phenoxy) is 1. The van der Waals surface area contributed by atoms with E-state index < -0.39 is 0 Å². The summed E-state index contributed by atoms with van der Waals surface area (Å²) >= 11 is 0. The van der Waals surface area contributed by atoms with Gasteiger partial charge in [-0.3, -0.25) is 9.78 Å². The van der Waals surface area contributed by atoms with Gasteiger partial charge in [-0.25, -0.2) is 4.98 Å². The standard InChI is InChI=1S/C20H19N3O2/c1-2-25-13-5-3-12(4-6-13)15-11-16(20(15)24)19-14-7-8-18(21)23-17(14)9-10-22-19/h3-10,15-16H,2,11H2,1H3,(H2,21,23). The second-order valence-corrected chi connectivity index (χ2v) is 6.24. The summed E-state index contributed by atoms with van der Waals surface area (Å²) in [4.78, 5) is 21.5. The third kappa shape index (κ3) is 2.71. The Morgan fingerprint density at radius 2 is 1.92 bits per heavy atom. The van der Waals surface area contributed by atoms with Crippen LogP contribution in [0.15, 0.2) is 48.7 Å². The summed E-state index contributed by atoms with van der Waals surface area (Å²) in [5.41, 5.74) is 8.36. The van der Waals surface area contributed by atoms with Crippen LogP contribution in [-0.2, 0) is 4.79 Å². The number of nitrogens with two attached hydrogens (primary N) is 1. The van der Waals surface area contributed by atoms with E-state index in [0.717, 1.165) is 34.3 Å². The van der Waals surface area contributed by atoms with Crippen LogP contribution in [0.25, 0.3) is 10.9 Å². The van der Waals surface area contributed by atoms with Crippen LogP contribution in [0.5, 0.6) is 5.75 Å².